The average Bonchev–Trinajstić information content (AvgIpc) is 2.49. The molecule has 2 nitrogen and oxygen atoms in total. The van der Waals surface area contributed by atoms with E-state index in [1.807, 2.05) is 31.2 Å². The lowest BCUT2D eigenvalue weighted by atomic mass is 10.1. The molecule has 0 aliphatic heterocycles. The maximum absolute atomic E-state index is 12.5. The number of benzene rings is 2. The van der Waals surface area contributed by atoms with Crippen LogP contribution in [0.4, 0.5) is 13.2 Å². The van der Waals surface area contributed by atoms with Crippen LogP contribution < -0.4 is 0 Å². The van der Waals surface area contributed by atoms with Crippen LogP contribution >= 0.6 is 0 Å². The Labute approximate surface area is 133 Å². The predicted molar refractivity (Wildman–Crippen MR) is 82.8 cm³/mol. The van der Waals surface area contributed by atoms with Crippen LogP contribution in [-0.4, -0.2) is 17.9 Å². The molecule has 0 aliphatic rings. The van der Waals surface area contributed by atoms with Crippen molar-refractivity contribution in [1.29, 1.82) is 0 Å². The molecule has 0 unspecified atom stereocenters. The highest BCUT2D eigenvalue weighted by Crippen LogP contribution is 2.29. The van der Waals surface area contributed by atoms with Gasteiger partial charge in [-0.25, -0.2) is 0 Å². The van der Waals surface area contributed by atoms with Crippen LogP contribution in [0.25, 0.3) is 0 Å². The third-order valence-electron chi connectivity index (χ3n) is 3.73. The molecule has 0 bridgehead atoms. The highest BCUT2D eigenvalue weighted by atomic mass is 19.4. The summed E-state index contributed by atoms with van der Waals surface area (Å²) in [6, 6.07) is 12.5. The van der Waals surface area contributed by atoms with Gasteiger partial charge in [-0.15, -0.1) is 0 Å². The molecule has 2 aromatic rings. The first-order valence-electron chi connectivity index (χ1n) is 7.22. The van der Waals surface area contributed by atoms with Crippen molar-refractivity contribution in [3.63, 3.8) is 0 Å². The molecule has 0 radical (unpaired) electrons. The molecule has 2 rings (SSSR count). The smallest absolute Gasteiger partial charge is 0.341 e. The number of likely N-dealkylation sites (N-methyl/N-ethyl adjacent to an activating group) is 1. The number of carbonyl (C=O) groups is 1. The Morgan fingerprint density at radius 2 is 1.65 bits per heavy atom. The molecule has 0 heterocycles. The minimum atomic E-state index is -4.36. The molecule has 2 aromatic carbocycles. The number of amides is 1. The molecule has 0 spiro atoms. The van der Waals surface area contributed by atoms with E-state index in [4.69, 9.17) is 0 Å². The van der Waals surface area contributed by atoms with E-state index < -0.39 is 11.7 Å². The zero-order chi connectivity index (χ0) is 17.0. The summed E-state index contributed by atoms with van der Waals surface area (Å²) in [5, 5.41) is 0. The molecule has 122 valence electrons. The van der Waals surface area contributed by atoms with Gasteiger partial charge in [-0.3, -0.25) is 4.79 Å². The summed E-state index contributed by atoms with van der Waals surface area (Å²) >= 11 is 0. The summed E-state index contributed by atoms with van der Waals surface area (Å²) in [4.78, 5) is 13.8. The van der Waals surface area contributed by atoms with E-state index >= 15 is 0 Å². The Bertz CT molecular complexity index is 677. The van der Waals surface area contributed by atoms with Crippen molar-refractivity contribution >= 4 is 5.91 Å². The number of nitrogens with zero attached hydrogens (tertiary/aromatic N) is 1. The van der Waals surface area contributed by atoms with Gasteiger partial charge in [0.2, 0.25) is 5.91 Å². The maximum atomic E-state index is 12.5. The summed E-state index contributed by atoms with van der Waals surface area (Å²) in [5.41, 5.74) is 2.01. The van der Waals surface area contributed by atoms with E-state index in [9.17, 15) is 18.0 Å². The molecule has 0 saturated heterocycles. The Hall–Kier alpha value is -2.30. The van der Waals surface area contributed by atoms with Crippen LogP contribution in [0.3, 0.4) is 0 Å². The zero-order valence-electron chi connectivity index (χ0n) is 13.0. The Kier molecular flexibility index (Phi) is 5.08. The number of alkyl halides is 3. The molecule has 1 amide bonds. The molecular weight excluding hydrogens is 303 g/mol. The van der Waals surface area contributed by atoms with E-state index in [1.165, 1.54) is 12.1 Å². The van der Waals surface area contributed by atoms with E-state index in [2.05, 4.69) is 0 Å². The number of hydrogen-bond donors (Lipinski definition) is 0. The summed E-state index contributed by atoms with van der Waals surface area (Å²) in [5.74, 6) is -0.131. The van der Waals surface area contributed by atoms with Crippen LogP contribution in [0.5, 0.6) is 0 Å². The van der Waals surface area contributed by atoms with Gasteiger partial charge in [0.25, 0.3) is 0 Å². The normalized spacial score (nSPS) is 11.3. The van der Waals surface area contributed by atoms with Crippen LogP contribution in [0, 0.1) is 6.92 Å². The van der Waals surface area contributed by atoms with Gasteiger partial charge in [-0.2, -0.15) is 13.2 Å². The van der Waals surface area contributed by atoms with Crippen LogP contribution in [0.2, 0.25) is 0 Å². The van der Waals surface area contributed by atoms with Crippen LogP contribution in [-0.2, 0) is 23.9 Å². The molecule has 23 heavy (non-hydrogen) atoms. The summed E-state index contributed by atoms with van der Waals surface area (Å²) in [7, 11) is 1.69. The van der Waals surface area contributed by atoms with E-state index in [0.717, 1.165) is 23.3 Å². The fraction of sp³-hybridized carbons (Fsp3) is 0.278. The molecular formula is C18H18F3NO. The second-order valence-electron chi connectivity index (χ2n) is 5.55. The fourth-order valence-corrected chi connectivity index (χ4v) is 2.25. The number of halogens is 3. The van der Waals surface area contributed by atoms with Gasteiger partial charge in [0.05, 0.1) is 12.0 Å². The second-order valence-corrected chi connectivity index (χ2v) is 5.55. The standard InChI is InChI=1S/C18H18F3NO/c1-13-5-3-4-6-15(13)12-22(2)17(23)11-14-7-9-16(10-8-14)18(19,20)21/h3-10H,11-12H2,1-2H3. The molecule has 5 heteroatoms. The number of carbonyl (C=O) groups excluding carboxylic acids is 1. The Morgan fingerprint density at radius 1 is 1.04 bits per heavy atom. The van der Waals surface area contributed by atoms with E-state index in [1.54, 1.807) is 11.9 Å². The number of aryl methyl sites for hydroxylation is 1. The quantitative estimate of drug-likeness (QED) is 0.826. The largest absolute Gasteiger partial charge is 0.416 e. The van der Waals surface area contributed by atoms with Crippen LogP contribution in [0.1, 0.15) is 22.3 Å². The first-order valence-corrected chi connectivity index (χ1v) is 7.22. The average molecular weight is 321 g/mol. The Morgan fingerprint density at radius 3 is 2.22 bits per heavy atom. The van der Waals surface area contributed by atoms with Crippen molar-refractivity contribution < 1.29 is 18.0 Å². The van der Waals surface area contributed by atoms with Crippen molar-refractivity contribution in [2.75, 3.05) is 7.05 Å². The SMILES string of the molecule is Cc1ccccc1CN(C)C(=O)Cc1ccc(C(F)(F)F)cc1. The van der Waals surface area contributed by atoms with Crippen molar-refractivity contribution in [3.05, 3.63) is 70.8 Å². The fourth-order valence-electron chi connectivity index (χ4n) is 2.25. The lowest BCUT2D eigenvalue weighted by Crippen LogP contribution is -2.28. The van der Waals surface area contributed by atoms with Gasteiger partial charge in [0.1, 0.15) is 0 Å². The van der Waals surface area contributed by atoms with Crippen molar-refractivity contribution in [2.45, 2.75) is 26.1 Å². The highest BCUT2D eigenvalue weighted by Gasteiger charge is 2.30. The third kappa shape index (κ3) is 4.58. The first-order chi connectivity index (χ1) is 10.8. The monoisotopic (exact) mass is 321 g/mol. The number of rotatable bonds is 4. The van der Waals surface area contributed by atoms with Gasteiger partial charge in [-0.1, -0.05) is 36.4 Å². The van der Waals surface area contributed by atoms with Gasteiger partial charge in [0.15, 0.2) is 0 Å². The van der Waals surface area contributed by atoms with Gasteiger partial charge < -0.3 is 4.90 Å². The van der Waals surface area contributed by atoms with E-state index in [-0.39, 0.29) is 12.3 Å². The zero-order valence-corrected chi connectivity index (χ0v) is 13.0. The first kappa shape index (κ1) is 17.1. The molecule has 0 aromatic heterocycles. The van der Waals surface area contributed by atoms with Gasteiger partial charge in [0, 0.05) is 13.6 Å². The summed E-state index contributed by atoms with van der Waals surface area (Å²) in [6.07, 6.45) is -4.27. The molecule has 0 atom stereocenters. The summed E-state index contributed by atoms with van der Waals surface area (Å²) < 4.78 is 37.5. The predicted octanol–water partition coefficient (Wildman–Crippen LogP) is 4.21. The third-order valence-corrected chi connectivity index (χ3v) is 3.73. The highest BCUT2D eigenvalue weighted by molar-refractivity contribution is 5.78. The van der Waals surface area contributed by atoms with Crippen LogP contribution in [0.15, 0.2) is 48.5 Å². The number of hydrogen-bond acceptors (Lipinski definition) is 1. The summed E-state index contributed by atoms with van der Waals surface area (Å²) in [6.45, 7) is 2.45. The topological polar surface area (TPSA) is 20.3 Å². The minimum absolute atomic E-state index is 0.0838. The Balaban J connectivity index is 2.00. The van der Waals surface area contributed by atoms with Crippen molar-refractivity contribution in [3.8, 4) is 0 Å². The van der Waals surface area contributed by atoms with Crippen molar-refractivity contribution in [2.24, 2.45) is 0 Å². The van der Waals surface area contributed by atoms with Gasteiger partial charge in [-0.05, 0) is 35.7 Å². The molecule has 0 fully saturated rings. The molecule has 0 N–H and O–H groups in total. The van der Waals surface area contributed by atoms with E-state index in [0.29, 0.717) is 12.1 Å². The van der Waals surface area contributed by atoms with Crippen molar-refractivity contribution in [1.82, 2.24) is 4.90 Å². The van der Waals surface area contributed by atoms with Gasteiger partial charge >= 0.3 is 6.18 Å². The minimum Gasteiger partial charge on any atom is -0.341 e. The lowest BCUT2D eigenvalue weighted by molar-refractivity contribution is -0.137. The second kappa shape index (κ2) is 6.86. The maximum Gasteiger partial charge on any atom is 0.416 e. The molecule has 0 saturated carbocycles. The molecule has 0 aliphatic carbocycles. The lowest BCUT2D eigenvalue weighted by Gasteiger charge is -2.18.